The maximum atomic E-state index is 11.6. The molecule has 0 saturated carbocycles. The van der Waals surface area contributed by atoms with Crippen LogP contribution in [0.25, 0.3) is 0 Å². The number of fused-ring (bicyclic) bond motifs is 1. The summed E-state index contributed by atoms with van der Waals surface area (Å²) >= 11 is 0. The normalized spacial score (nSPS) is 18.5. The first kappa shape index (κ1) is 11.0. The number of rotatable bonds is 3. The maximum Gasteiger partial charge on any atom is 0.246 e. The summed E-state index contributed by atoms with van der Waals surface area (Å²) in [6, 6.07) is 5.43. The largest absolute Gasteiger partial charge is 0.491 e. The van der Waals surface area contributed by atoms with Crippen molar-refractivity contribution in [3.8, 4) is 5.75 Å². The summed E-state index contributed by atoms with van der Waals surface area (Å²) in [6.07, 6.45) is 0.134. The number of amides is 1. The minimum absolute atomic E-state index is 0.0146. The quantitative estimate of drug-likeness (QED) is 0.815. The van der Waals surface area contributed by atoms with Crippen LogP contribution in [0.4, 0.5) is 5.69 Å². The van der Waals surface area contributed by atoms with E-state index >= 15 is 0 Å². The molecule has 2 N–H and O–H groups in total. The molecule has 1 aromatic rings. The smallest absolute Gasteiger partial charge is 0.246 e. The van der Waals surface area contributed by atoms with Gasteiger partial charge >= 0.3 is 0 Å². The molecular formula is C12H16N2O2. The minimum atomic E-state index is -0.247. The van der Waals surface area contributed by atoms with E-state index in [9.17, 15) is 4.79 Å². The summed E-state index contributed by atoms with van der Waals surface area (Å²) in [6.45, 7) is 3.95. The van der Waals surface area contributed by atoms with E-state index in [0.717, 1.165) is 17.0 Å². The number of hydrogen-bond donors (Lipinski definition) is 2. The van der Waals surface area contributed by atoms with Gasteiger partial charge < -0.3 is 15.4 Å². The highest BCUT2D eigenvalue weighted by atomic mass is 16.5. The molecule has 4 heteroatoms. The standard InChI is InChI=1S/C12H16N2O2/c1-7(2)16-8-4-5-9-10(6-8)14-12(15)11(9)13-3/h4-7,11,13H,1-3H3,(H,14,15). The number of nitrogens with one attached hydrogen (secondary N) is 2. The summed E-state index contributed by atoms with van der Waals surface area (Å²) in [4.78, 5) is 11.6. The Bertz CT molecular complexity index is 415. The fourth-order valence-corrected chi connectivity index (χ4v) is 1.87. The third-order valence-corrected chi connectivity index (χ3v) is 2.52. The van der Waals surface area contributed by atoms with E-state index < -0.39 is 0 Å². The number of carbonyl (C=O) groups excluding carboxylic acids is 1. The Hall–Kier alpha value is -1.55. The van der Waals surface area contributed by atoms with Crippen LogP contribution < -0.4 is 15.4 Å². The van der Waals surface area contributed by atoms with Crippen LogP contribution in [0.15, 0.2) is 18.2 Å². The van der Waals surface area contributed by atoms with Gasteiger partial charge in [0.25, 0.3) is 0 Å². The highest BCUT2D eigenvalue weighted by Crippen LogP contribution is 2.33. The van der Waals surface area contributed by atoms with Gasteiger partial charge in [-0.25, -0.2) is 0 Å². The van der Waals surface area contributed by atoms with Crippen LogP contribution >= 0.6 is 0 Å². The van der Waals surface area contributed by atoms with Crippen LogP contribution in [0.1, 0.15) is 25.5 Å². The first-order chi connectivity index (χ1) is 7.61. The van der Waals surface area contributed by atoms with Gasteiger partial charge in [-0.15, -0.1) is 0 Å². The van der Waals surface area contributed by atoms with Crippen molar-refractivity contribution in [1.82, 2.24) is 5.32 Å². The van der Waals surface area contributed by atoms with E-state index in [1.165, 1.54) is 0 Å². The van der Waals surface area contributed by atoms with Crippen molar-refractivity contribution in [2.75, 3.05) is 12.4 Å². The lowest BCUT2D eigenvalue weighted by atomic mass is 10.1. The monoisotopic (exact) mass is 220 g/mol. The van der Waals surface area contributed by atoms with Gasteiger partial charge in [0.05, 0.1) is 6.10 Å². The van der Waals surface area contributed by atoms with Crippen LogP contribution in [0.3, 0.4) is 0 Å². The number of ether oxygens (including phenoxy) is 1. The molecule has 1 heterocycles. The van der Waals surface area contributed by atoms with Gasteiger partial charge in [-0.3, -0.25) is 4.79 Å². The molecule has 0 aromatic heterocycles. The van der Waals surface area contributed by atoms with Crippen molar-refractivity contribution in [1.29, 1.82) is 0 Å². The predicted molar refractivity (Wildman–Crippen MR) is 62.6 cm³/mol. The topological polar surface area (TPSA) is 50.4 Å². The van der Waals surface area contributed by atoms with Crippen molar-refractivity contribution in [2.24, 2.45) is 0 Å². The third-order valence-electron chi connectivity index (χ3n) is 2.52. The molecule has 86 valence electrons. The van der Waals surface area contributed by atoms with Crippen molar-refractivity contribution in [3.63, 3.8) is 0 Å². The molecule has 1 unspecified atom stereocenters. The summed E-state index contributed by atoms with van der Waals surface area (Å²) in [5, 5.41) is 5.81. The molecule has 0 bridgehead atoms. The molecule has 16 heavy (non-hydrogen) atoms. The molecule has 1 atom stereocenters. The lowest BCUT2D eigenvalue weighted by Crippen LogP contribution is -2.23. The Morgan fingerprint density at radius 1 is 1.44 bits per heavy atom. The van der Waals surface area contributed by atoms with Crippen LogP contribution in [-0.4, -0.2) is 19.1 Å². The number of anilines is 1. The van der Waals surface area contributed by atoms with Gasteiger partial charge in [0.1, 0.15) is 11.8 Å². The molecule has 0 radical (unpaired) electrons. The van der Waals surface area contributed by atoms with Gasteiger partial charge in [0, 0.05) is 17.3 Å². The zero-order valence-corrected chi connectivity index (χ0v) is 9.70. The molecule has 0 saturated heterocycles. The van der Waals surface area contributed by atoms with Crippen LogP contribution in [0, 0.1) is 0 Å². The number of benzene rings is 1. The molecular weight excluding hydrogens is 204 g/mol. The number of hydrogen-bond acceptors (Lipinski definition) is 3. The highest BCUT2D eigenvalue weighted by Gasteiger charge is 2.29. The molecule has 1 aliphatic rings. The van der Waals surface area contributed by atoms with Crippen molar-refractivity contribution >= 4 is 11.6 Å². The second-order valence-electron chi connectivity index (χ2n) is 4.13. The molecule has 0 fully saturated rings. The van der Waals surface area contributed by atoms with Gasteiger partial charge in [-0.1, -0.05) is 6.07 Å². The summed E-state index contributed by atoms with van der Waals surface area (Å²) in [5.41, 5.74) is 1.81. The number of carbonyl (C=O) groups is 1. The zero-order chi connectivity index (χ0) is 11.7. The highest BCUT2D eigenvalue weighted by molar-refractivity contribution is 6.02. The first-order valence-corrected chi connectivity index (χ1v) is 5.40. The van der Waals surface area contributed by atoms with Gasteiger partial charge in [-0.05, 0) is 27.0 Å². The third kappa shape index (κ3) is 1.88. The second kappa shape index (κ2) is 4.14. The molecule has 2 rings (SSSR count). The molecule has 0 spiro atoms. The van der Waals surface area contributed by atoms with Crippen LogP contribution in [-0.2, 0) is 4.79 Å². The maximum absolute atomic E-state index is 11.6. The lowest BCUT2D eigenvalue weighted by Gasteiger charge is -2.11. The summed E-state index contributed by atoms with van der Waals surface area (Å²) < 4.78 is 5.57. The molecule has 1 aliphatic heterocycles. The van der Waals surface area contributed by atoms with E-state index in [0.29, 0.717) is 0 Å². The average Bonchev–Trinajstić information content (AvgIpc) is 2.51. The summed E-state index contributed by atoms with van der Waals surface area (Å²) in [7, 11) is 1.78. The van der Waals surface area contributed by atoms with Gasteiger partial charge in [0.2, 0.25) is 5.91 Å². The lowest BCUT2D eigenvalue weighted by molar-refractivity contribution is -0.117. The van der Waals surface area contributed by atoms with Crippen LogP contribution in [0.5, 0.6) is 5.75 Å². The van der Waals surface area contributed by atoms with Gasteiger partial charge in [-0.2, -0.15) is 0 Å². The SMILES string of the molecule is CNC1C(=O)Nc2cc(OC(C)C)ccc21. The molecule has 4 nitrogen and oxygen atoms in total. The Kier molecular flexibility index (Phi) is 2.83. The first-order valence-electron chi connectivity index (χ1n) is 5.40. The second-order valence-corrected chi connectivity index (χ2v) is 4.13. The fourth-order valence-electron chi connectivity index (χ4n) is 1.87. The minimum Gasteiger partial charge on any atom is -0.491 e. The van der Waals surface area contributed by atoms with Crippen molar-refractivity contribution in [3.05, 3.63) is 23.8 Å². The van der Waals surface area contributed by atoms with E-state index in [2.05, 4.69) is 10.6 Å². The molecule has 1 aromatic carbocycles. The Balaban J connectivity index is 2.29. The van der Waals surface area contributed by atoms with E-state index in [4.69, 9.17) is 4.74 Å². The summed E-state index contributed by atoms with van der Waals surface area (Å²) in [5.74, 6) is 0.769. The van der Waals surface area contributed by atoms with E-state index in [1.807, 2.05) is 32.0 Å². The Labute approximate surface area is 95.0 Å². The number of likely N-dealkylation sites (N-methyl/N-ethyl adjacent to an activating group) is 1. The molecule has 0 aliphatic carbocycles. The Morgan fingerprint density at radius 2 is 2.19 bits per heavy atom. The van der Waals surface area contributed by atoms with Gasteiger partial charge in [0.15, 0.2) is 0 Å². The van der Waals surface area contributed by atoms with Crippen LogP contribution in [0.2, 0.25) is 0 Å². The fraction of sp³-hybridized carbons (Fsp3) is 0.417. The average molecular weight is 220 g/mol. The van der Waals surface area contributed by atoms with E-state index in [1.54, 1.807) is 7.05 Å². The van der Waals surface area contributed by atoms with Crippen molar-refractivity contribution in [2.45, 2.75) is 26.0 Å². The molecule has 1 amide bonds. The predicted octanol–water partition coefficient (Wildman–Crippen LogP) is 1.69. The van der Waals surface area contributed by atoms with Crippen molar-refractivity contribution < 1.29 is 9.53 Å². The Morgan fingerprint density at radius 3 is 2.81 bits per heavy atom. The zero-order valence-electron chi connectivity index (χ0n) is 9.70. The van der Waals surface area contributed by atoms with E-state index in [-0.39, 0.29) is 18.1 Å².